The van der Waals surface area contributed by atoms with Crippen LogP contribution in [0, 0.1) is 137 Å². The summed E-state index contributed by atoms with van der Waals surface area (Å²) < 4.78 is 121. The molecular weight excluding hydrogens is 672 g/mol. The molecule has 0 saturated carbocycles. The largest absolute Gasteiger partial charge is 0.203 e. The predicted molar refractivity (Wildman–Crippen MR) is 150 cm³/mol. The maximum absolute atomic E-state index is 15.4. The first-order chi connectivity index (χ1) is 23.8. The van der Waals surface area contributed by atoms with Crippen LogP contribution in [0.4, 0.5) is 35.1 Å². The highest BCUT2D eigenvalue weighted by Crippen LogP contribution is 2.55. The Morgan fingerprint density at radius 3 is 0.900 bits per heavy atom. The van der Waals surface area contributed by atoms with Gasteiger partial charge in [0.15, 0.2) is 46.5 Å². The summed E-state index contributed by atoms with van der Waals surface area (Å²) in [6.45, 7) is 0. The minimum Gasteiger partial charge on any atom is -0.203 e. The van der Waals surface area contributed by atoms with E-state index in [1.54, 1.807) is 0 Å². The molecule has 0 aliphatic heterocycles. The van der Waals surface area contributed by atoms with E-state index in [0.717, 1.165) is 24.3 Å². The number of allylic oxidation sites excluding steroid dienone is 8. The van der Waals surface area contributed by atoms with Crippen molar-refractivity contribution in [2.24, 2.45) is 0 Å². The summed E-state index contributed by atoms with van der Waals surface area (Å²) in [6.07, 6.45) is 0. The zero-order valence-electron chi connectivity index (χ0n) is 23.8. The van der Waals surface area contributed by atoms with Crippen molar-refractivity contribution in [1.82, 2.24) is 0 Å². The molecule has 0 radical (unpaired) electrons. The van der Waals surface area contributed by atoms with E-state index >= 15 is 17.6 Å². The summed E-state index contributed by atoms with van der Waals surface area (Å²) in [7, 11) is 0. The van der Waals surface area contributed by atoms with Gasteiger partial charge in [0.2, 0.25) is 0 Å². The van der Waals surface area contributed by atoms with Crippen LogP contribution in [0.1, 0.15) is 44.5 Å². The highest BCUT2D eigenvalue weighted by molar-refractivity contribution is 6.30. The van der Waals surface area contributed by atoms with Crippen molar-refractivity contribution in [3.8, 4) is 48.6 Å². The van der Waals surface area contributed by atoms with Gasteiger partial charge in [0.1, 0.15) is 70.8 Å². The van der Waals surface area contributed by atoms with Crippen LogP contribution in [0.15, 0.2) is 23.3 Å². The van der Waals surface area contributed by atoms with Crippen LogP contribution in [0.5, 0.6) is 0 Å². The maximum atomic E-state index is 15.4. The molecule has 0 spiro atoms. The molecule has 2 aliphatic carbocycles. The highest BCUT2D eigenvalue weighted by atomic mass is 19.2. The van der Waals surface area contributed by atoms with E-state index in [1.807, 2.05) is 0 Å². The quantitative estimate of drug-likeness (QED) is 0.157. The van der Waals surface area contributed by atoms with E-state index in [1.165, 1.54) is 36.4 Å². The van der Waals surface area contributed by atoms with Crippen LogP contribution in [0.25, 0.3) is 33.4 Å². The lowest BCUT2D eigenvalue weighted by atomic mass is 9.88. The van der Waals surface area contributed by atoms with Crippen LogP contribution < -0.4 is 0 Å². The zero-order chi connectivity index (χ0) is 36.9. The molecule has 234 valence electrons. The molecule has 16 heteroatoms. The Kier molecular flexibility index (Phi) is 7.98. The van der Waals surface area contributed by atoms with Gasteiger partial charge in [0, 0.05) is 33.4 Å². The van der Waals surface area contributed by atoms with E-state index in [2.05, 4.69) is 0 Å². The third kappa shape index (κ3) is 4.22. The first-order valence-electron chi connectivity index (χ1n) is 13.0. The van der Waals surface area contributed by atoms with Crippen molar-refractivity contribution in [3.05, 3.63) is 114 Å². The van der Waals surface area contributed by atoms with Crippen LogP contribution in [0.2, 0.25) is 0 Å². The van der Waals surface area contributed by atoms with Gasteiger partial charge in [-0.2, -0.15) is 42.1 Å². The van der Waals surface area contributed by atoms with Gasteiger partial charge < -0.3 is 0 Å². The summed E-state index contributed by atoms with van der Waals surface area (Å²) in [5, 5.41) is 77.4. The molecule has 0 fully saturated rings. The molecule has 0 atom stereocenters. The zero-order valence-corrected chi connectivity index (χ0v) is 23.8. The van der Waals surface area contributed by atoms with Gasteiger partial charge in [0.25, 0.3) is 0 Å². The van der Waals surface area contributed by atoms with Gasteiger partial charge in [-0.05, 0) is 23.3 Å². The predicted octanol–water partition coefficient (Wildman–Crippen LogP) is 7.04. The monoisotopic (exact) mass is 674 g/mol. The van der Waals surface area contributed by atoms with Gasteiger partial charge >= 0.3 is 0 Å². The fourth-order valence-corrected chi connectivity index (χ4v) is 5.64. The van der Waals surface area contributed by atoms with Crippen molar-refractivity contribution < 1.29 is 35.1 Å². The average molecular weight is 674 g/mol. The Morgan fingerprint density at radius 2 is 0.660 bits per heavy atom. The second kappa shape index (κ2) is 12.0. The number of nitriles is 8. The van der Waals surface area contributed by atoms with Crippen LogP contribution in [0.3, 0.4) is 0 Å². The van der Waals surface area contributed by atoms with Crippen molar-refractivity contribution >= 4 is 33.4 Å². The smallest absolute Gasteiger partial charge is 0.180 e. The first kappa shape index (κ1) is 33.3. The standard InChI is InChI=1S/C34H2F8N8/c35-27-19(9-49)28(36)32(40)25(31(27)39)23-17(7-47)13-1-14-16(2-15(13)21(23)11(3-43)4-44)22(12(5-45)6-46)24(18(14)8-48)26-33(41)29(37)20(10-50)30(38)34(26)42/h1-2H. The molecule has 50 heavy (non-hydrogen) atoms. The molecule has 5 rings (SSSR count). The Labute approximate surface area is 273 Å². The Hall–Kier alpha value is -8.02. The molecule has 0 saturated heterocycles. The second-order valence-electron chi connectivity index (χ2n) is 9.85. The molecule has 8 nitrogen and oxygen atoms in total. The van der Waals surface area contributed by atoms with Crippen LogP contribution in [-0.2, 0) is 0 Å². The molecule has 0 aromatic heterocycles. The minimum atomic E-state index is -2.22. The lowest BCUT2D eigenvalue weighted by molar-refractivity contribution is 0.447. The third-order valence-corrected chi connectivity index (χ3v) is 7.66. The topological polar surface area (TPSA) is 190 Å². The highest BCUT2D eigenvalue weighted by Gasteiger charge is 2.42. The fourth-order valence-electron chi connectivity index (χ4n) is 5.64. The number of hydrogen-bond donors (Lipinski definition) is 0. The van der Waals surface area contributed by atoms with Gasteiger partial charge in [-0.15, -0.1) is 0 Å². The average Bonchev–Trinajstić information content (AvgIpc) is 3.59. The summed E-state index contributed by atoms with van der Waals surface area (Å²) in [5.41, 5.74) is -16.5. The normalized spacial score (nSPS) is 12.4. The second-order valence-corrected chi connectivity index (χ2v) is 9.85. The molecule has 3 aromatic rings. The van der Waals surface area contributed by atoms with Crippen molar-refractivity contribution in [2.75, 3.05) is 0 Å². The van der Waals surface area contributed by atoms with E-state index in [4.69, 9.17) is 10.5 Å². The Balaban J connectivity index is 2.03. The number of hydrogen-bond acceptors (Lipinski definition) is 8. The van der Waals surface area contributed by atoms with Crippen molar-refractivity contribution in [2.45, 2.75) is 0 Å². The van der Waals surface area contributed by atoms with Crippen LogP contribution in [-0.4, -0.2) is 0 Å². The Bertz CT molecular complexity index is 2440. The molecule has 0 heterocycles. The van der Waals surface area contributed by atoms with E-state index in [9.17, 15) is 49.1 Å². The first-order valence-corrected chi connectivity index (χ1v) is 13.0. The summed E-state index contributed by atoms with van der Waals surface area (Å²) in [4.78, 5) is 0. The summed E-state index contributed by atoms with van der Waals surface area (Å²) >= 11 is 0. The summed E-state index contributed by atoms with van der Waals surface area (Å²) in [5.74, 6) is -17.7. The van der Waals surface area contributed by atoms with Gasteiger partial charge in [-0.1, -0.05) is 0 Å². The molecule has 0 unspecified atom stereocenters. The fraction of sp³-hybridized carbons (Fsp3) is 0. The van der Waals surface area contributed by atoms with E-state index < -0.39 is 136 Å². The molecule has 3 aromatic carbocycles. The van der Waals surface area contributed by atoms with Gasteiger partial charge in [-0.3, -0.25) is 0 Å². The number of rotatable bonds is 2. The summed E-state index contributed by atoms with van der Waals surface area (Å²) in [6, 6.07) is 12.0. The molecular formula is C34H2F8N8. The third-order valence-electron chi connectivity index (χ3n) is 7.66. The Morgan fingerprint density at radius 1 is 0.380 bits per heavy atom. The minimum absolute atomic E-state index is 0.523. The number of benzene rings is 3. The van der Waals surface area contributed by atoms with Gasteiger partial charge in [-0.25, -0.2) is 35.1 Å². The maximum Gasteiger partial charge on any atom is 0.180 e. The lowest BCUT2D eigenvalue weighted by Crippen LogP contribution is -2.08. The number of nitrogens with zero attached hydrogens (tertiary/aromatic N) is 8. The van der Waals surface area contributed by atoms with Gasteiger partial charge in [0.05, 0.1) is 22.3 Å². The molecule has 0 N–H and O–H groups in total. The lowest BCUT2D eigenvalue weighted by Gasteiger charge is -2.14. The number of fused-ring (bicyclic) bond motifs is 2. The van der Waals surface area contributed by atoms with Crippen molar-refractivity contribution in [1.29, 1.82) is 42.1 Å². The van der Waals surface area contributed by atoms with E-state index in [0.29, 0.717) is 0 Å². The SMILES string of the molecule is N#CC(C#N)=C1C(c2c(F)c(F)c(C#N)c(F)c2F)=C(C#N)c2cc3c(cc21)C(=C(C#N)C#N)C(c1c(F)c(F)c(C#N)c(F)c1F)=C3C#N. The number of halogens is 8. The van der Waals surface area contributed by atoms with E-state index in [-0.39, 0.29) is 0 Å². The molecule has 2 aliphatic rings. The molecule has 0 bridgehead atoms. The molecule has 0 amide bonds. The van der Waals surface area contributed by atoms with Crippen molar-refractivity contribution in [3.63, 3.8) is 0 Å². The van der Waals surface area contributed by atoms with Crippen LogP contribution >= 0.6 is 0 Å².